The molecule has 1 heterocycles. The van der Waals surface area contributed by atoms with Crippen LogP contribution in [-0.2, 0) is 20.4 Å². The Hall–Kier alpha value is -2.76. The van der Waals surface area contributed by atoms with Crippen LogP contribution in [0.4, 0.5) is 5.82 Å². The minimum Gasteiger partial charge on any atom is -0.493 e. The number of allylic oxidation sites excluding steroid dienone is 1. The van der Waals surface area contributed by atoms with Crippen molar-refractivity contribution >= 4 is 36.9 Å². The molecule has 11 nitrogen and oxygen atoms in total. The number of ether oxygens (including phenoxy) is 1. The third-order valence-electron chi connectivity index (χ3n) is 4.53. The van der Waals surface area contributed by atoms with Gasteiger partial charge in [0.25, 0.3) is 0 Å². The Balaban J connectivity index is 2.37. The first-order chi connectivity index (χ1) is 16.1. The summed E-state index contributed by atoms with van der Waals surface area (Å²) in [7, 11) is -4.71. The first-order valence-electron chi connectivity index (χ1n) is 10.2. The van der Waals surface area contributed by atoms with Crippen molar-refractivity contribution in [1.82, 2.24) is 14.9 Å². The number of hydrogen-bond donors (Lipinski definition) is 3. The quantitative estimate of drug-likeness (QED) is 0.284. The van der Waals surface area contributed by atoms with Gasteiger partial charge in [0.05, 0.1) is 25.3 Å². The van der Waals surface area contributed by atoms with Crippen LogP contribution in [0, 0.1) is 6.92 Å². The number of hydrogen-bond acceptors (Lipinski definition) is 9. The van der Waals surface area contributed by atoms with Gasteiger partial charge in [0.1, 0.15) is 17.4 Å². The lowest BCUT2D eigenvalue weighted by molar-refractivity contribution is -0.116. The van der Waals surface area contributed by atoms with Crippen LogP contribution < -0.4 is 10.5 Å². The van der Waals surface area contributed by atoms with E-state index < -0.39 is 7.82 Å². The molecule has 1 amide bonds. The Morgan fingerprint density at radius 3 is 2.65 bits per heavy atom. The van der Waals surface area contributed by atoms with Gasteiger partial charge in [-0.05, 0) is 44.7 Å². The first-order valence-corrected chi connectivity index (χ1v) is 12.5. The number of thioether (sulfide) groups is 1. The van der Waals surface area contributed by atoms with Gasteiger partial charge in [0.15, 0.2) is 0 Å². The number of nitrogens with zero attached hydrogens (tertiary/aromatic N) is 3. The summed E-state index contributed by atoms with van der Waals surface area (Å²) >= 11 is 0.822. The summed E-state index contributed by atoms with van der Waals surface area (Å²) < 4.78 is 21.2. The second-order valence-corrected chi connectivity index (χ2v) is 9.27. The SMILES string of the molecule is CCOc1ccccc1C(=O)S/C(CCOP(=O)(O)O)=C(/C)N(C=O)Cc1cnc(C)nc1N. The Morgan fingerprint density at radius 2 is 2.03 bits per heavy atom. The lowest BCUT2D eigenvalue weighted by atomic mass is 10.2. The Kier molecular flexibility index (Phi) is 10.2. The van der Waals surface area contributed by atoms with E-state index in [0.29, 0.717) is 46.3 Å². The molecule has 0 fully saturated rings. The zero-order chi connectivity index (χ0) is 25.3. The number of aryl methyl sites for hydroxylation is 1. The molecular formula is C21H27N4O7PS. The highest BCUT2D eigenvalue weighted by Gasteiger charge is 2.21. The zero-order valence-corrected chi connectivity index (χ0v) is 20.7. The smallest absolute Gasteiger partial charge is 0.469 e. The lowest BCUT2D eigenvalue weighted by Gasteiger charge is -2.22. The highest BCUT2D eigenvalue weighted by molar-refractivity contribution is 8.17. The maximum absolute atomic E-state index is 13.1. The second-order valence-electron chi connectivity index (χ2n) is 6.96. The van der Waals surface area contributed by atoms with E-state index in [9.17, 15) is 14.2 Å². The van der Waals surface area contributed by atoms with Crippen molar-refractivity contribution in [2.45, 2.75) is 33.7 Å². The monoisotopic (exact) mass is 510 g/mol. The summed E-state index contributed by atoms with van der Waals surface area (Å²) in [5.41, 5.74) is 7.15. The van der Waals surface area contributed by atoms with Gasteiger partial charge in [0.2, 0.25) is 11.5 Å². The van der Waals surface area contributed by atoms with Crippen molar-refractivity contribution in [3.63, 3.8) is 0 Å². The maximum atomic E-state index is 13.1. The van der Waals surface area contributed by atoms with Crippen LogP contribution in [0.2, 0.25) is 0 Å². The number of carbonyl (C=O) groups excluding carboxylic acids is 2. The van der Waals surface area contributed by atoms with Crippen molar-refractivity contribution in [3.8, 4) is 5.75 Å². The van der Waals surface area contributed by atoms with Gasteiger partial charge in [0, 0.05) is 28.8 Å². The molecule has 0 radical (unpaired) electrons. The number of amides is 1. The molecule has 13 heteroatoms. The average Bonchev–Trinajstić information content (AvgIpc) is 2.77. The number of nitrogens with two attached hydrogens (primary N) is 1. The molecular weight excluding hydrogens is 483 g/mol. The van der Waals surface area contributed by atoms with Crippen LogP contribution in [0.1, 0.15) is 42.0 Å². The van der Waals surface area contributed by atoms with Crippen molar-refractivity contribution in [2.24, 2.45) is 0 Å². The van der Waals surface area contributed by atoms with Gasteiger partial charge in [-0.2, -0.15) is 0 Å². The molecule has 2 aromatic rings. The van der Waals surface area contributed by atoms with Crippen molar-refractivity contribution in [1.29, 1.82) is 0 Å². The number of para-hydroxylation sites is 1. The molecule has 0 saturated carbocycles. The van der Waals surface area contributed by atoms with Crippen molar-refractivity contribution in [3.05, 3.63) is 58.0 Å². The minimum atomic E-state index is -4.71. The van der Waals surface area contributed by atoms with E-state index in [0.717, 1.165) is 11.8 Å². The molecule has 0 spiro atoms. The molecule has 34 heavy (non-hydrogen) atoms. The fourth-order valence-corrected chi connectivity index (χ4v) is 4.14. The van der Waals surface area contributed by atoms with Gasteiger partial charge >= 0.3 is 7.82 Å². The molecule has 4 N–H and O–H groups in total. The molecule has 0 aliphatic carbocycles. The van der Waals surface area contributed by atoms with Crippen LogP contribution in [0.25, 0.3) is 0 Å². The predicted octanol–water partition coefficient (Wildman–Crippen LogP) is 3.03. The van der Waals surface area contributed by atoms with Gasteiger partial charge in [-0.3, -0.25) is 14.1 Å². The summed E-state index contributed by atoms with van der Waals surface area (Å²) in [6.45, 7) is 5.13. The van der Waals surface area contributed by atoms with E-state index in [2.05, 4.69) is 14.5 Å². The third kappa shape index (κ3) is 8.23. The van der Waals surface area contributed by atoms with E-state index in [1.807, 2.05) is 0 Å². The molecule has 0 saturated heterocycles. The van der Waals surface area contributed by atoms with Crippen molar-refractivity contribution < 1.29 is 33.2 Å². The van der Waals surface area contributed by atoms with Crippen molar-refractivity contribution in [2.75, 3.05) is 18.9 Å². The normalized spacial score (nSPS) is 12.1. The number of phosphoric ester groups is 1. The number of aromatic nitrogens is 2. The number of rotatable bonds is 12. The van der Waals surface area contributed by atoms with Crippen LogP contribution in [0.15, 0.2) is 41.1 Å². The number of anilines is 1. The fourth-order valence-electron chi connectivity index (χ4n) is 2.86. The Morgan fingerprint density at radius 1 is 1.32 bits per heavy atom. The van der Waals surface area contributed by atoms with Crippen LogP contribution in [0.5, 0.6) is 5.75 Å². The van der Waals surface area contributed by atoms with Gasteiger partial charge in [-0.1, -0.05) is 12.1 Å². The van der Waals surface area contributed by atoms with Crippen LogP contribution in [-0.4, -0.2) is 49.4 Å². The standard InChI is InChI=1S/C21H27N4O7PS/c1-4-31-18-8-6-5-7-17(18)21(27)34-19(9-10-32-33(28,29)30)14(2)25(13-26)12-16-11-23-15(3)24-20(16)22/h5-8,11,13H,4,9-10,12H2,1-3H3,(H2,22,23,24)(H2,28,29,30)/b19-14-. The molecule has 0 aliphatic rings. The molecule has 0 unspecified atom stereocenters. The van der Waals surface area contributed by atoms with E-state index >= 15 is 0 Å². The molecule has 184 valence electrons. The summed E-state index contributed by atoms with van der Waals surface area (Å²) in [6.07, 6.45) is 2.04. The molecule has 0 aliphatic heterocycles. The molecule has 1 aromatic heterocycles. The minimum absolute atomic E-state index is 0.0334. The Bertz CT molecular complexity index is 1110. The van der Waals surface area contributed by atoms with Gasteiger partial charge in [-0.25, -0.2) is 14.5 Å². The number of nitrogen functional groups attached to an aromatic ring is 1. The predicted molar refractivity (Wildman–Crippen MR) is 128 cm³/mol. The summed E-state index contributed by atoms with van der Waals surface area (Å²) in [6, 6.07) is 6.72. The van der Waals surface area contributed by atoms with Gasteiger partial charge < -0.3 is 25.2 Å². The number of carbonyl (C=O) groups is 2. The summed E-state index contributed by atoms with van der Waals surface area (Å²) in [4.78, 5) is 52.9. The maximum Gasteiger partial charge on any atom is 0.469 e. The van der Waals surface area contributed by atoms with Crippen LogP contribution >= 0.6 is 19.6 Å². The number of benzene rings is 1. The molecule has 2 rings (SSSR count). The number of phosphoric acid groups is 1. The summed E-state index contributed by atoms with van der Waals surface area (Å²) in [5, 5.41) is -0.362. The van der Waals surface area contributed by atoms with E-state index in [4.69, 9.17) is 20.3 Å². The first kappa shape index (κ1) is 27.5. The highest BCUT2D eigenvalue weighted by Crippen LogP contribution is 2.38. The topological polar surface area (TPSA) is 165 Å². The van der Waals surface area contributed by atoms with Gasteiger partial charge in [-0.15, -0.1) is 0 Å². The second kappa shape index (κ2) is 12.6. The largest absolute Gasteiger partial charge is 0.493 e. The third-order valence-corrected chi connectivity index (χ3v) is 6.20. The Labute approximate surface area is 201 Å². The van der Waals surface area contributed by atoms with E-state index in [-0.39, 0.29) is 30.5 Å². The average molecular weight is 511 g/mol. The zero-order valence-electron chi connectivity index (χ0n) is 19.0. The highest BCUT2D eigenvalue weighted by atomic mass is 32.2. The molecule has 1 aromatic carbocycles. The molecule has 0 bridgehead atoms. The lowest BCUT2D eigenvalue weighted by Crippen LogP contribution is -2.22. The summed E-state index contributed by atoms with van der Waals surface area (Å²) in [5.74, 6) is 1.10. The van der Waals surface area contributed by atoms with Crippen LogP contribution in [0.3, 0.4) is 0 Å². The van der Waals surface area contributed by atoms with E-state index in [1.165, 1.54) is 11.1 Å². The molecule has 0 atom stereocenters. The van der Waals surface area contributed by atoms with E-state index in [1.54, 1.807) is 45.0 Å². The fraction of sp³-hybridized carbons (Fsp3) is 0.333.